The SMILES string of the molecule is Cc1cccc(CNc2cccc(Cl)c2Br)c1. The highest BCUT2D eigenvalue weighted by molar-refractivity contribution is 9.10. The highest BCUT2D eigenvalue weighted by Crippen LogP contribution is 2.30. The highest BCUT2D eigenvalue weighted by Gasteiger charge is 2.02. The van der Waals surface area contributed by atoms with Gasteiger partial charge in [0.15, 0.2) is 0 Å². The van der Waals surface area contributed by atoms with Gasteiger partial charge in [-0.3, -0.25) is 0 Å². The van der Waals surface area contributed by atoms with E-state index in [2.05, 4.69) is 52.4 Å². The minimum atomic E-state index is 0.722. The zero-order valence-electron chi connectivity index (χ0n) is 9.50. The summed E-state index contributed by atoms with van der Waals surface area (Å²) in [6.07, 6.45) is 0. The Balaban J connectivity index is 2.10. The van der Waals surface area contributed by atoms with Crippen molar-refractivity contribution in [3.63, 3.8) is 0 Å². The fraction of sp³-hybridized carbons (Fsp3) is 0.143. The quantitative estimate of drug-likeness (QED) is 0.839. The molecule has 88 valence electrons. The molecule has 0 saturated heterocycles. The minimum Gasteiger partial charge on any atom is -0.380 e. The van der Waals surface area contributed by atoms with Crippen LogP contribution in [0.5, 0.6) is 0 Å². The van der Waals surface area contributed by atoms with Gasteiger partial charge in [-0.1, -0.05) is 47.5 Å². The van der Waals surface area contributed by atoms with Gasteiger partial charge in [-0.2, -0.15) is 0 Å². The van der Waals surface area contributed by atoms with Crippen molar-refractivity contribution < 1.29 is 0 Å². The van der Waals surface area contributed by atoms with Crippen molar-refractivity contribution in [2.75, 3.05) is 5.32 Å². The smallest absolute Gasteiger partial charge is 0.0593 e. The van der Waals surface area contributed by atoms with Crippen LogP contribution in [-0.4, -0.2) is 0 Å². The molecule has 0 radical (unpaired) electrons. The Morgan fingerprint density at radius 2 is 1.94 bits per heavy atom. The molecule has 2 rings (SSSR count). The first kappa shape index (κ1) is 12.5. The summed E-state index contributed by atoms with van der Waals surface area (Å²) >= 11 is 9.51. The maximum atomic E-state index is 6.03. The van der Waals surface area contributed by atoms with Gasteiger partial charge in [0, 0.05) is 6.54 Å². The number of hydrogen-bond donors (Lipinski definition) is 1. The second-order valence-corrected chi connectivity index (χ2v) is 5.14. The molecule has 3 heteroatoms. The summed E-state index contributed by atoms with van der Waals surface area (Å²) < 4.78 is 0.911. The first-order valence-electron chi connectivity index (χ1n) is 5.40. The van der Waals surface area contributed by atoms with Gasteiger partial charge in [-0.15, -0.1) is 0 Å². The van der Waals surface area contributed by atoms with E-state index in [1.165, 1.54) is 11.1 Å². The lowest BCUT2D eigenvalue weighted by Crippen LogP contribution is -2.00. The molecular formula is C14H13BrClN. The molecule has 0 spiro atoms. The van der Waals surface area contributed by atoms with E-state index < -0.39 is 0 Å². The minimum absolute atomic E-state index is 0.722. The number of aryl methyl sites for hydroxylation is 1. The van der Waals surface area contributed by atoms with E-state index in [9.17, 15) is 0 Å². The van der Waals surface area contributed by atoms with Gasteiger partial charge in [0.25, 0.3) is 0 Å². The summed E-state index contributed by atoms with van der Waals surface area (Å²) in [6.45, 7) is 2.89. The fourth-order valence-corrected chi connectivity index (χ4v) is 2.24. The van der Waals surface area contributed by atoms with E-state index in [-0.39, 0.29) is 0 Å². The van der Waals surface area contributed by atoms with Gasteiger partial charge in [0.05, 0.1) is 15.2 Å². The number of anilines is 1. The Bertz CT molecular complexity index is 525. The highest BCUT2D eigenvalue weighted by atomic mass is 79.9. The Morgan fingerprint density at radius 3 is 2.71 bits per heavy atom. The normalized spacial score (nSPS) is 10.3. The Morgan fingerprint density at radius 1 is 1.18 bits per heavy atom. The Labute approximate surface area is 115 Å². The summed E-state index contributed by atoms with van der Waals surface area (Å²) in [7, 11) is 0. The number of rotatable bonds is 3. The van der Waals surface area contributed by atoms with Gasteiger partial charge < -0.3 is 5.32 Å². The monoisotopic (exact) mass is 309 g/mol. The van der Waals surface area contributed by atoms with E-state index in [0.29, 0.717) is 0 Å². The largest absolute Gasteiger partial charge is 0.380 e. The molecule has 0 aliphatic heterocycles. The number of benzene rings is 2. The molecule has 1 nitrogen and oxygen atoms in total. The molecule has 17 heavy (non-hydrogen) atoms. The van der Waals surface area contributed by atoms with Gasteiger partial charge in [-0.05, 0) is 40.5 Å². The van der Waals surface area contributed by atoms with Crippen molar-refractivity contribution in [3.05, 3.63) is 63.1 Å². The molecule has 0 aromatic heterocycles. The van der Waals surface area contributed by atoms with Crippen molar-refractivity contribution in [3.8, 4) is 0 Å². The summed E-state index contributed by atoms with van der Waals surface area (Å²) in [4.78, 5) is 0. The molecule has 0 saturated carbocycles. The van der Waals surface area contributed by atoms with E-state index in [4.69, 9.17) is 11.6 Å². The van der Waals surface area contributed by atoms with Gasteiger partial charge in [-0.25, -0.2) is 0 Å². The first-order valence-corrected chi connectivity index (χ1v) is 6.57. The van der Waals surface area contributed by atoms with Gasteiger partial charge in [0.1, 0.15) is 0 Å². The van der Waals surface area contributed by atoms with Crippen LogP contribution in [0.1, 0.15) is 11.1 Å². The Hall–Kier alpha value is -0.990. The van der Waals surface area contributed by atoms with Crippen LogP contribution >= 0.6 is 27.5 Å². The van der Waals surface area contributed by atoms with Crippen LogP contribution < -0.4 is 5.32 Å². The maximum Gasteiger partial charge on any atom is 0.0593 e. The average Bonchev–Trinajstić information content (AvgIpc) is 2.31. The fourth-order valence-electron chi connectivity index (χ4n) is 1.66. The third-order valence-electron chi connectivity index (χ3n) is 2.52. The average molecular weight is 311 g/mol. The molecule has 2 aromatic carbocycles. The van der Waals surface area contributed by atoms with Crippen LogP contribution in [-0.2, 0) is 6.54 Å². The zero-order chi connectivity index (χ0) is 12.3. The first-order chi connectivity index (χ1) is 8.16. The lowest BCUT2D eigenvalue weighted by molar-refractivity contribution is 1.14. The lowest BCUT2D eigenvalue weighted by Gasteiger charge is -2.10. The second-order valence-electron chi connectivity index (χ2n) is 3.94. The van der Waals surface area contributed by atoms with Crippen molar-refractivity contribution in [2.24, 2.45) is 0 Å². The van der Waals surface area contributed by atoms with Crippen LogP contribution in [0.3, 0.4) is 0 Å². The zero-order valence-corrected chi connectivity index (χ0v) is 11.8. The lowest BCUT2D eigenvalue weighted by atomic mass is 10.1. The molecule has 2 aromatic rings. The number of hydrogen-bond acceptors (Lipinski definition) is 1. The molecule has 0 heterocycles. The topological polar surface area (TPSA) is 12.0 Å². The maximum absolute atomic E-state index is 6.03. The van der Waals surface area contributed by atoms with Crippen LogP contribution in [0.25, 0.3) is 0 Å². The van der Waals surface area contributed by atoms with E-state index >= 15 is 0 Å². The van der Waals surface area contributed by atoms with Crippen molar-refractivity contribution in [1.29, 1.82) is 0 Å². The number of nitrogens with one attached hydrogen (secondary N) is 1. The summed E-state index contributed by atoms with van der Waals surface area (Å²) in [5, 5.41) is 4.09. The predicted molar refractivity (Wildman–Crippen MR) is 77.7 cm³/mol. The second kappa shape index (κ2) is 5.56. The predicted octanol–water partition coefficient (Wildman–Crippen LogP) is 5.02. The van der Waals surface area contributed by atoms with E-state index in [1.54, 1.807) is 0 Å². The van der Waals surface area contributed by atoms with Crippen molar-refractivity contribution >= 4 is 33.2 Å². The Kier molecular flexibility index (Phi) is 4.08. The third-order valence-corrected chi connectivity index (χ3v) is 3.91. The van der Waals surface area contributed by atoms with Crippen LogP contribution in [0, 0.1) is 6.92 Å². The van der Waals surface area contributed by atoms with Gasteiger partial charge >= 0.3 is 0 Å². The van der Waals surface area contributed by atoms with Crippen molar-refractivity contribution in [2.45, 2.75) is 13.5 Å². The summed E-state index contributed by atoms with van der Waals surface area (Å²) in [5.74, 6) is 0. The van der Waals surface area contributed by atoms with E-state index in [1.807, 2.05) is 18.2 Å². The molecule has 0 aliphatic carbocycles. The van der Waals surface area contributed by atoms with Crippen LogP contribution in [0.2, 0.25) is 5.02 Å². The standard InChI is InChI=1S/C14H13BrClN/c1-10-4-2-5-11(8-10)9-17-13-7-3-6-12(16)14(13)15/h2-8,17H,9H2,1H3. The van der Waals surface area contributed by atoms with E-state index in [0.717, 1.165) is 21.7 Å². The molecule has 0 unspecified atom stereocenters. The van der Waals surface area contributed by atoms with Gasteiger partial charge in [0.2, 0.25) is 0 Å². The summed E-state index contributed by atoms with van der Waals surface area (Å²) in [5.41, 5.74) is 3.55. The molecule has 0 aliphatic rings. The molecule has 0 amide bonds. The van der Waals surface area contributed by atoms with Crippen LogP contribution in [0.15, 0.2) is 46.9 Å². The summed E-state index contributed by atoms with van der Waals surface area (Å²) in [6, 6.07) is 14.3. The molecule has 0 atom stereocenters. The third kappa shape index (κ3) is 3.24. The molecular weight excluding hydrogens is 298 g/mol. The van der Waals surface area contributed by atoms with Crippen LogP contribution in [0.4, 0.5) is 5.69 Å². The number of halogens is 2. The molecule has 0 bridgehead atoms. The van der Waals surface area contributed by atoms with Crippen molar-refractivity contribution in [1.82, 2.24) is 0 Å². The molecule has 1 N–H and O–H groups in total. The molecule has 0 fully saturated rings.